The quantitative estimate of drug-likeness (QED) is 0.655. The van der Waals surface area contributed by atoms with Gasteiger partial charge in [-0.15, -0.1) is 0 Å². The number of halogens is 1. The molecule has 0 radical (unpaired) electrons. The highest BCUT2D eigenvalue weighted by Crippen LogP contribution is 2.17. The first-order chi connectivity index (χ1) is 9.95. The molecule has 0 bridgehead atoms. The molecule has 1 aromatic rings. The number of thiocarbonyl (C=S) groups is 1. The predicted octanol–water partition coefficient (Wildman–Crippen LogP) is 0.651. The second kappa shape index (κ2) is 6.17. The number of nitrogens with zero attached hydrogens (tertiary/aromatic N) is 2. The lowest BCUT2D eigenvalue weighted by Gasteiger charge is -2.33. The minimum Gasteiger partial charge on any atom is -0.389 e. The van der Waals surface area contributed by atoms with Crippen molar-refractivity contribution >= 4 is 29.0 Å². The molecule has 1 aliphatic rings. The van der Waals surface area contributed by atoms with Gasteiger partial charge in [0.15, 0.2) is 0 Å². The number of piperazine rings is 1. The Morgan fingerprint density at radius 2 is 1.90 bits per heavy atom. The highest BCUT2D eigenvalue weighted by Gasteiger charge is 2.31. The molecule has 21 heavy (non-hydrogen) atoms. The van der Waals surface area contributed by atoms with Gasteiger partial charge in [-0.1, -0.05) is 24.4 Å². The smallest absolute Gasteiger partial charge is 0.312 e. The Morgan fingerprint density at radius 3 is 2.52 bits per heavy atom. The molecule has 1 aliphatic heterocycles. The summed E-state index contributed by atoms with van der Waals surface area (Å²) < 4.78 is 14.2. The topological polar surface area (TPSA) is 66.6 Å². The first kappa shape index (κ1) is 15.4. The maximum absolute atomic E-state index is 14.2. The molecular weight excluding hydrogens is 293 g/mol. The zero-order valence-corrected chi connectivity index (χ0v) is 12.5. The number of carbonyl (C=O) groups excluding carboxylic acids is 2. The number of carbonyl (C=O) groups is 2. The Morgan fingerprint density at radius 1 is 1.29 bits per heavy atom. The first-order valence-electron chi connectivity index (χ1n) is 6.61. The van der Waals surface area contributed by atoms with E-state index in [-0.39, 0.29) is 17.1 Å². The summed E-state index contributed by atoms with van der Waals surface area (Å²) >= 11 is 4.78. The van der Waals surface area contributed by atoms with E-state index in [4.69, 9.17) is 18.0 Å². The zero-order valence-electron chi connectivity index (χ0n) is 11.6. The Bertz CT molecular complexity index is 606. The van der Waals surface area contributed by atoms with E-state index in [9.17, 15) is 14.0 Å². The lowest BCUT2D eigenvalue weighted by Crippen LogP contribution is -2.53. The molecule has 1 aromatic carbocycles. The number of likely N-dealkylation sites (N-methyl/N-ethyl adjacent to an activating group) is 1. The molecule has 2 amide bonds. The largest absolute Gasteiger partial charge is 0.389 e. The minimum atomic E-state index is -0.608. The van der Waals surface area contributed by atoms with Gasteiger partial charge in [0.25, 0.3) is 0 Å². The lowest BCUT2D eigenvalue weighted by molar-refractivity contribution is -0.156. The number of nitrogens with two attached hydrogens (primary N) is 1. The molecule has 2 N–H and O–H groups in total. The monoisotopic (exact) mass is 309 g/mol. The van der Waals surface area contributed by atoms with Gasteiger partial charge in [-0.2, -0.15) is 0 Å². The molecule has 0 unspecified atom stereocenters. The van der Waals surface area contributed by atoms with Gasteiger partial charge in [0.2, 0.25) is 0 Å². The number of rotatable bonds is 4. The van der Waals surface area contributed by atoms with Gasteiger partial charge in [-0.25, -0.2) is 4.39 Å². The minimum absolute atomic E-state index is 0.0322. The van der Waals surface area contributed by atoms with Crippen LogP contribution in [0.4, 0.5) is 4.39 Å². The van der Waals surface area contributed by atoms with Gasteiger partial charge < -0.3 is 15.5 Å². The van der Waals surface area contributed by atoms with E-state index in [2.05, 4.69) is 0 Å². The Hall–Kier alpha value is -2.02. The van der Waals surface area contributed by atoms with E-state index < -0.39 is 17.6 Å². The van der Waals surface area contributed by atoms with Crippen molar-refractivity contribution in [2.75, 3.05) is 19.6 Å². The molecular formula is C14H16FN3O2S. The van der Waals surface area contributed by atoms with Crippen LogP contribution in [0.15, 0.2) is 18.2 Å². The van der Waals surface area contributed by atoms with Crippen LogP contribution in [-0.2, 0) is 16.1 Å². The fourth-order valence-electron chi connectivity index (χ4n) is 2.27. The lowest BCUT2D eigenvalue weighted by atomic mass is 10.1. The van der Waals surface area contributed by atoms with Crippen molar-refractivity contribution in [2.45, 2.75) is 13.5 Å². The summed E-state index contributed by atoms with van der Waals surface area (Å²) in [5, 5.41) is 0. The van der Waals surface area contributed by atoms with Crippen LogP contribution in [-0.4, -0.2) is 46.2 Å². The van der Waals surface area contributed by atoms with Crippen LogP contribution in [0.2, 0.25) is 0 Å². The van der Waals surface area contributed by atoms with Gasteiger partial charge in [0.05, 0.1) is 0 Å². The van der Waals surface area contributed by atoms with Crippen molar-refractivity contribution in [3.05, 3.63) is 35.1 Å². The van der Waals surface area contributed by atoms with Crippen LogP contribution in [0.25, 0.3) is 0 Å². The molecule has 1 saturated heterocycles. The third kappa shape index (κ3) is 3.02. The second-order valence-electron chi connectivity index (χ2n) is 4.75. The average molecular weight is 309 g/mol. The van der Waals surface area contributed by atoms with Crippen LogP contribution in [0.5, 0.6) is 0 Å². The highest BCUT2D eigenvalue weighted by atomic mass is 32.1. The summed E-state index contributed by atoms with van der Waals surface area (Å²) in [4.78, 5) is 26.6. The van der Waals surface area contributed by atoms with Crippen LogP contribution >= 0.6 is 12.2 Å². The van der Waals surface area contributed by atoms with Crippen molar-refractivity contribution < 1.29 is 14.0 Å². The van der Waals surface area contributed by atoms with Crippen LogP contribution in [0.1, 0.15) is 18.1 Å². The SMILES string of the molecule is CCN1CCN(Cc2cccc(C(N)=S)c2F)C(=O)C1=O. The third-order valence-corrected chi connectivity index (χ3v) is 3.70. The fourth-order valence-corrected chi connectivity index (χ4v) is 2.42. The van der Waals surface area contributed by atoms with Crippen molar-refractivity contribution in [2.24, 2.45) is 5.73 Å². The summed E-state index contributed by atoms with van der Waals surface area (Å²) in [6.07, 6.45) is 0. The fraction of sp³-hybridized carbons (Fsp3) is 0.357. The normalized spacial score (nSPS) is 15.5. The molecule has 0 aliphatic carbocycles. The zero-order chi connectivity index (χ0) is 15.6. The van der Waals surface area contributed by atoms with Gasteiger partial charge in [0.1, 0.15) is 10.8 Å². The summed E-state index contributed by atoms with van der Waals surface area (Å²) in [5.41, 5.74) is 5.90. The third-order valence-electron chi connectivity index (χ3n) is 3.48. The Labute approximate surface area is 127 Å². The maximum atomic E-state index is 14.2. The summed E-state index contributed by atoms with van der Waals surface area (Å²) in [7, 11) is 0. The molecule has 0 saturated carbocycles. The van der Waals surface area contributed by atoms with E-state index in [0.717, 1.165) is 0 Å². The molecule has 0 spiro atoms. The van der Waals surface area contributed by atoms with Crippen molar-refractivity contribution in [1.82, 2.24) is 9.80 Å². The average Bonchev–Trinajstić information content (AvgIpc) is 2.46. The highest BCUT2D eigenvalue weighted by molar-refractivity contribution is 7.80. The van der Waals surface area contributed by atoms with E-state index >= 15 is 0 Å². The molecule has 7 heteroatoms. The standard InChI is InChI=1S/C14H16FN3O2S/c1-2-17-6-7-18(14(20)13(17)19)8-9-4-3-5-10(11(9)15)12(16)21/h3-5H,2,6-8H2,1H3,(H2,16,21). The van der Waals surface area contributed by atoms with Crippen LogP contribution in [0.3, 0.4) is 0 Å². The molecule has 2 rings (SSSR count). The van der Waals surface area contributed by atoms with Gasteiger partial charge >= 0.3 is 11.8 Å². The number of hydrogen-bond acceptors (Lipinski definition) is 3. The van der Waals surface area contributed by atoms with Crippen molar-refractivity contribution in [1.29, 1.82) is 0 Å². The number of hydrogen-bond donors (Lipinski definition) is 1. The van der Waals surface area contributed by atoms with Gasteiger partial charge in [0, 0.05) is 37.3 Å². The van der Waals surface area contributed by atoms with E-state index in [0.29, 0.717) is 25.2 Å². The number of benzene rings is 1. The molecule has 0 atom stereocenters. The van der Waals surface area contributed by atoms with Gasteiger partial charge in [-0.05, 0) is 13.0 Å². The second-order valence-corrected chi connectivity index (χ2v) is 5.19. The predicted molar refractivity (Wildman–Crippen MR) is 80.0 cm³/mol. The van der Waals surface area contributed by atoms with E-state index in [1.165, 1.54) is 15.9 Å². The van der Waals surface area contributed by atoms with E-state index in [1.54, 1.807) is 12.1 Å². The molecule has 1 heterocycles. The molecule has 1 fully saturated rings. The van der Waals surface area contributed by atoms with Crippen LogP contribution < -0.4 is 5.73 Å². The van der Waals surface area contributed by atoms with Gasteiger partial charge in [-0.3, -0.25) is 9.59 Å². The van der Waals surface area contributed by atoms with Crippen molar-refractivity contribution in [3.63, 3.8) is 0 Å². The summed E-state index contributed by atoms with van der Waals surface area (Å²) in [5.74, 6) is -1.69. The molecule has 5 nitrogen and oxygen atoms in total. The molecule has 112 valence electrons. The maximum Gasteiger partial charge on any atom is 0.312 e. The van der Waals surface area contributed by atoms with Crippen LogP contribution in [0, 0.1) is 5.82 Å². The Balaban J connectivity index is 2.20. The van der Waals surface area contributed by atoms with Crippen molar-refractivity contribution in [3.8, 4) is 0 Å². The molecule has 0 aromatic heterocycles. The first-order valence-corrected chi connectivity index (χ1v) is 7.02. The number of amides is 2. The summed E-state index contributed by atoms with van der Waals surface area (Å²) in [6.45, 7) is 3.17. The Kier molecular flexibility index (Phi) is 4.52. The van der Waals surface area contributed by atoms with E-state index in [1.807, 2.05) is 6.92 Å². The summed E-state index contributed by atoms with van der Waals surface area (Å²) in [6, 6.07) is 4.67.